The lowest BCUT2D eigenvalue weighted by molar-refractivity contribution is -0.137. The highest BCUT2D eigenvalue weighted by atomic mass is 32.2. The van der Waals surface area contributed by atoms with Gasteiger partial charge in [-0.3, -0.25) is 0 Å². The molecule has 3 rings (SSSR count). The summed E-state index contributed by atoms with van der Waals surface area (Å²) in [5, 5.41) is 0. The van der Waals surface area contributed by atoms with Gasteiger partial charge in [-0.2, -0.15) is 13.2 Å². The molecule has 1 fully saturated rings. The molecule has 2 atom stereocenters. The lowest BCUT2D eigenvalue weighted by atomic mass is 9.94. The topological polar surface area (TPSA) is 78.4 Å². The number of hydrogen-bond donors (Lipinski definition) is 0. The molecule has 0 amide bonds. The van der Waals surface area contributed by atoms with E-state index in [4.69, 9.17) is 9.47 Å². The minimum absolute atomic E-state index is 0.0707. The number of methoxy groups -OCH3 is 1. The van der Waals surface area contributed by atoms with Crippen LogP contribution < -0.4 is 4.74 Å². The Balaban J connectivity index is 1.92. The van der Waals surface area contributed by atoms with Gasteiger partial charge in [0, 0.05) is 24.6 Å². The SMILES string of the molecule is COc1ncc(C2CC(C)(S(=O)(=O)c3cccc(C(F)(F)F)c3)CCO2)cn1. The van der Waals surface area contributed by atoms with Crippen molar-refractivity contribution in [1.82, 2.24) is 9.97 Å². The van der Waals surface area contributed by atoms with E-state index >= 15 is 0 Å². The Morgan fingerprint density at radius 3 is 2.54 bits per heavy atom. The number of sulfone groups is 1. The summed E-state index contributed by atoms with van der Waals surface area (Å²) in [5.74, 6) is 0. The zero-order valence-electron chi connectivity index (χ0n) is 15.2. The van der Waals surface area contributed by atoms with Crippen LogP contribution in [0.3, 0.4) is 0 Å². The standard InChI is InChI=1S/C18H19F3N2O4S/c1-17(28(24,25)14-5-3-4-13(8-14)18(19,20)21)6-7-27-15(9-17)12-10-22-16(26-2)23-11-12/h3-5,8,10-11,15H,6-7,9H2,1-2H3. The number of nitrogens with zero attached hydrogens (tertiary/aromatic N) is 2. The van der Waals surface area contributed by atoms with Crippen LogP contribution in [-0.4, -0.2) is 36.8 Å². The number of alkyl halides is 3. The second-order valence-corrected chi connectivity index (χ2v) is 9.26. The molecule has 2 aromatic rings. The van der Waals surface area contributed by atoms with Crippen LogP contribution in [0.1, 0.15) is 37.0 Å². The van der Waals surface area contributed by atoms with Gasteiger partial charge in [0.2, 0.25) is 0 Å². The summed E-state index contributed by atoms with van der Waals surface area (Å²) in [5.41, 5.74) is -0.421. The van der Waals surface area contributed by atoms with Crippen molar-refractivity contribution in [2.45, 2.75) is 41.7 Å². The molecule has 1 saturated heterocycles. The molecule has 0 aliphatic carbocycles. The maximum Gasteiger partial charge on any atom is 0.416 e. The fourth-order valence-electron chi connectivity index (χ4n) is 3.15. The third-order valence-corrected chi connectivity index (χ3v) is 7.43. The summed E-state index contributed by atoms with van der Waals surface area (Å²) in [6.07, 6.45) is -2.01. The highest BCUT2D eigenvalue weighted by Crippen LogP contribution is 2.42. The summed E-state index contributed by atoms with van der Waals surface area (Å²) < 4.78 is 74.7. The molecule has 10 heteroatoms. The van der Waals surface area contributed by atoms with Crippen molar-refractivity contribution in [3.8, 4) is 6.01 Å². The molecule has 1 aromatic heterocycles. The Hall–Kier alpha value is -2.20. The van der Waals surface area contributed by atoms with Gasteiger partial charge in [0.1, 0.15) is 0 Å². The molecule has 6 nitrogen and oxygen atoms in total. The van der Waals surface area contributed by atoms with Crippen molar-refractivity contribution in [1.29, 1.82) is 0 Å². The summed E-state index contributed by atoms with van der Waals surface area (Å²) in [4.78, 5) is 7.63. The van der Waals surface area contributed by atoms with Crippen LogP contribution >= 0.6 is 0 Å². The number of rotatable bonds is 4. The molecule has 1 aliphatic heterocycles. The van der Waals surface area contributed by atoms with Gasteiger partial charge >= 0.3 is 12.2 Å². The predicted octanol–water partition coefficient (Wildman–Crippen LogP) is 3.59. The normalized spacial score (nSPS) is 23.4. The van der Waals surface area contributed by atoms with E-state index in [0.717, 1.165) is 12.1 Å². The van der Waals surface area contributed by atoms with E-state index in [1.807, 2.05) is 0 Å². The molecule has 0 radical (unpaired) electrons. The Kier molecular flexibility index (Phi) is 5.37. The Labute approximate surface area is 160 Å². The van der Waals surface area contributed by atoms with Gasteiger partial charge in [-0.25, -0.2) is 18.4 Å². The van der Waals surface area contributed by atoms with E-state index in [1.165, 1.54) is 32.5 Å². The van der Waals surface area contributed by atoms with Crippen LogP contribution in [0.2, 0.25) is 0 Å². The second-order valence-electron chi connectivity index (χ2n) is 6.80. The average Bonchev–Trinajstić information content (AvgIpc) is 2.67. The number of halogens is 3. The molecular weight excluding hydrogens is 397 g/mol. The molecule has 152 valence electrons. The second kappa shape index (κ2) is 7.32. The summed E-state index contributed by atoms with van der Waals surface area (Å²) in [6, 6.07) is 3.99. The first kappa shape index (κ1) is 20.5. The van der Waals surface area contributed by atoms with Crippen LogP contribution in [0.4, 0.5) is 13.2 Å². The fraction of sp³-hybridized carbons (Fsp3) is 0.444. The molecule has 1 aliphatic rings. The smallest absolute Gasteiger partial charge is 0.416 e. The quantitative estimate of drug-likeness (QED) is 0.758. The van der Waals surface area contributed by atoms with Gasteiger partial charge < -0.3 is 9.47 Å². The maximum absolute atomic E-state index is 13.2. The molecule has 0 spiro atoms. The highest BCUT2D eigenvalue weighted by molar-refractivity contribution is 7.92. The highest BCUT2D eigenvalue weighted by Gasteiger charge is 2.45. The first-order valence-electron chi connectivity index (χ1n) is 8.46. The monoisotopic (exact) mass is 416 g/mol. The number of aromatic nitrogens is 2. The van der Waals surface area contributed by atoms with Crippen molar-refractivity contribution < 1.29 is 31.1 Å². The van der Waals surface area contributed by atoms with Crippen molar-refractivity contribution in [2.24, 2.45) is 0 Å². The van der Waals surface area contributed by atoms with Crippen LogP contribution in [0.5, 0.6) is 6.01 Å². The average molecular weight is 416 g/mol. The Morgan fingerprint density at radius 1 is 1.25 bits per heavy atom. The van der Waals surface area contributed by atoms with E-state index in [9.17, 15) is 21.6 Å². The summed E-state index contributed by atoms with van der Waals surface area (Å²) >= 11 is 0. The molecule has 0 saturated carbocycles. The predicted molar refractivity (Wildman–Crippen MR) is 93.5 cm³/mol. The van der Waals surface area contributed by atoms with Crippen LogP contribution in [-0.2, 0) is 20.8 Å². The zero-order chi connectivity index (χ0) is 20.6. The molecule has 2 unspecified atom stereocenters. The van der Waals surface area contributed by atoms with Crippen LogP contribution in [0, 0.1) is 0 Å². The molecule has 28 heavy (non-hydrogen) atoms. The minimum Gasteiger partial charge on any atom is -0.467 e. The molecule has 1 aromatic carbocycles. The first-order valence-corrected chi connectivity index (χ1v) is 9.94. The van der Waals surface area contributed by atoms with Gasteiger partial charge in [0.05, 0.1) is 28.4 Å². The van der Waals surface area contributed by atoms with Gasteiger partial charge in [-0.05, 0) is 38.0 Å². The first-order chi connectivity index (χ1) is 13.1. The van der Waals surface area contributed by atoms with Crippen molar-refractivity contribution in [3.63, 3.8) is 0 Å². The third kappa shape index (κ3) is 3.83. The minimum atomic E-state index is -4.62. The van der Waals surface area contributed by atoms with Crippen molar-refractivity contribution >= 4 is 9.84 Å². The third-order valence-electron chi connectivity index (χ3n) is 4.89. The summed E-state index contributed by atoms with van der Waals surface area (Å²) in [6.45, 7) is 1.67. The Bertz CT molecular complexity index is 948. The number of hydrogen-bond acceptors (Lipinski definition) is 6. The van der Waals surface area contributed by atoms with Crippen molar-refractivity contribution in [3.05, 3.63) is 47.8 Å². The molecule has 2 heterocycles. The van der Waals surface area contributed by atoms with Crippen LogP contribution in [0.25, 0.3) is 0 Å². The van der Waals surface area contributed by atoms with Gasteiger partial charge in [0.25, 0.3) is 0 Å². The van der Waals surface area contributed by atoms with E-state index in [0.29, 0.717) is 11.6 Å². The van der Waals surface area contributed by atoms with Crippen LogP contribution in [0.15, 0.2) is 41.6 Å². The molecular formula is C18H19F3N2O4S. The molecule has 0 N–H and O–H groups in total. The molecule has 0 bridgehead atoms. The maximum atomic E-state index is 13.2. The van der Waals surface area contributed by atoms with Gasteiger partial charge in [-0.1, -0.05) is 6.07 Å². The van der Waals surface area contributed by atoms with E-state index in [1.54, 1.807) is 0 Å². The largest absolute Gasteiger partial charge is 0.467 e. The number of benzene rings is 1. The Morgan fingerprint density at radius 2 is 1.93 bits per heavy atom. The van der Waals surface area contributed by atoms with E-state index in [-0.39, 0.29) is 30.4 Å². The van der Waals surface area contributed by atoms with Crippen molar-refractivity contribution in [2.75, 3.05) is 13.7 Å². The van der Waals surface area contributed by atoms with Gasteiger partial charge in [-0.15, -0.1) is 0 Å². The summed E-state index contributed by atoms with van der Waals surface area (Å²) in [7, 11) is -2.62. The zero-order valence-corrected chi connectivity index (χ0v) is 16.0. The number of ether oxygens (including phenoxy) is 2. The fourth-order valence-corrected chi connectivity index (χ4v) is 4.98. The van der Waals surface area contributed by atoms with E-state index in [2.05, 4.69) is 9.97 Å². The lowest BCUT2D eigenvalue weighted by Crippen LogP contribution is -2.42. The van der Waals surface area contributed by atoms with E-state index < -0.39 is 32.4 Å². The van der Waals surface area contributed by atoms with Gasteiger partial charge in [0.15, 0.2) is 9.84 Å². The lowest BCUT2D eigenvalue weighted by Gasteiger charge is -2.37.